The van der Waals surface area contributed by atoms with Crippen LogP contribution < -0.4 is 15.2 Å². The van der Waals surface area contributed by atoms with Crippen LogP contribution in [0.2, 0.25) is 0 Å². The monoisotopic (exact) mass is 304 g/mol. The van der Waals surface area contributed by atoms with Gasteiger partial charge < -0.3 is 20.1 Å². The summed E-state index contributed by atoms with van der Waals surface area (Å²) in [7, 11) is 0. The lowest BCUT2D eigenvalue weighted by molar-refractivity contribution is 0.107. The van der Waals surface area contributed by atoms with Gasteiger partial charge in [-0.05, 0) is 38.3 Å². The van der Waals surface area contributed by atoms with Crippen LogP contribution in [0.4, 0.5) is 0 Å². The van der Waals surface area contributed by atoms with Crippen LogP contribution in [0.1, 0.15) is 38.3 Å². The van der Waals surface area contributed by atoms with Gasteiger partial charge in [0.2, 0.25) is 0 Å². The summed E-state index contributed by atoms with van der Waals surface area (Å²) in [6.45, 7) is 9.07. The standard InChI is InChI=1S/C18H28N2O2/c1-3-21-16-8-4-7-15-17(19)14(12-22-18(15)16)11-20-9-5-6-13(2)10-20/h4,7-8,13-14,17H,3,5-6,9-12,19H2,1-2H3. The zero-order valence-electron chi connectivity index (χ0n) is 13.8. The van der Waals surface area contributed by atoms with Gasteiger partial charge in [-0.2, -0.15) is 0 Å². The van der Waals surface area contributed by atoms with Crippen molar-refractivity contribution in [3.63, 3.8) is 0 Å². The molecule has 4 heteroatoms. The molecule has 0 amide bonds. The summed E-state index contributed by atoms with van der Waals surface area (Å²) in [4.78, 5) is 2.56. The molecule has 3 rings (SSSR count). The van der Waals surface area contributed by atoms with Gasteiger partial charge in [0.1, 0.15) is 0 Å². The molecule has 22 heavy (non-hydrogen) atoms. The normalized spacial score (nSPS) is 28.8. The number of nitrogens with zero attached hydrogens (tertiary/aromatic N) is 1. The summed E-state index contributed by atoms with van der Waals surface area (Å²) < 4.78 is 11.7. The lowest BCUT2D eigenvalue weighted by Gasteiger charge is -2.38. The predicted molar refractivity (Wildman–Crippen MR) is 88.4 cm³/mol. The van der Waals surface area contributed by atoms with Crippen molar-refractivity contribution in [1.29, 1.82) is 0 Å². The van der Waals surface area contributed by atoms with Crippen molar-refractivity contribution in [2.75, 3.05) is 32.8 Å². The highest BCUT2D eigenvalue weighted by Gasteiger charge is 2.32. The van der Waals surface area contributed by atoms with Crippen LogP contribution >= 0.6 is 0 Å². The van der Waals surface area contributed by atoms with Crippen LogP contribution in [0.15, 0.2) is 18.2 Å². The first kappa shape index (κ1) is 15.6. The molecule has 3 atom stereocenters. The number of para-hydroxylation sites is 1. The Hall–Kier alpha value is -1.26. The molecular formula is C18H28N2O2. The van der Waals surface area contributed by atoms with Crippen LogP contribution in [0, 0.1) is 11.8 Å². The largest absolute Gasteiger partial charge is 0.490 e. The van der Waals surface area contributed by atoms with Crippen molar-refractivity contribution in [1.82, 2.24) is 4.90 Å². The Morgan fingerprint density at radius 3 is 3.05 bits per heavy atom. The maximum absolute atomic E-state index is 6.55. The van der Waals surface area contributed by atoms with Gasteiger partial charge in [0.15, 0.2) is 11.5 Å². The molecule has 0 bridgehead atoms. The second-order valence-electron chi connectivity index (χ2n) is 6.71. The number of benzene rings is 1. The second kappa shape index (κ2) is 6.88. The van der Waals surface area contributed by atoms with Crippen LogP contribution in [0.25, 0.3) is 0 Å². The highest BCUT2D eigenvalue weighted by Crippen LogP contribution is 2.40. The van der Waals surface area contributed by atoms with E-state index in [0.717, 1.165) is 29.5 Å². The Balaban J connectivity index is 1.71. The van der Waals surface area contributed by atoms with Crippen molar-refractivity contribution >= 4 is 0 Å². The number of ether oxygens (including phenoxy) is 2. The van der Waals surface area contributed by atoms with E-state index in [0.29, 0.717) is 19.1 Å². The molecule has 2 N–H and O–H groups in total. The van der Waals surface area contributed by atoms with Gasteiger partial charge in [-0.25, -0.2) is 0 Å². The number of rotatable bonds is 4. The summed E-state index contributed by atoms with van der Waals surface area (Å²) in [5.41, 5.74) is 7.64. The SMILES string of the molecule is CCOc1cccc2c1OCC(CN1CCCC(C)C1)C2N. The maximum atomic E-state index is 6.55. The van der Waals surface area contributed by atoms with Gasteiger partial charge in [-0.1, -0.05) is 19.1 Å². The Labute approximate surface area is 133 Å². The Kier molecular flexibility index (Phi) is 4.89. The van der Waals surface area contributed by atoms with Gasteiger partial charge in [-0.3, -0.25) is 0 Å². The summed E-state index contributed by atoms with van der Waals surface area (Å²) in [6.07, 6.45) is 2.65. The minimum Gasteiger partial charge on any atom is -0.490 e. The van der Waals surface area contributed by atoms with Gasteiger partial charge in [0.25, 0.3) is 0 Å². The number of hydrogen-bond acceptors (Lipinski definition) is 4. The van der Waals surface area contributed by atoms with E-state index in [4.69, 9.17) is 15.2 Å². The van der Waals surface area contributed by atoms with E-state index in [1.54, 1.807) is 0 Å². The van der Waals surface area contributed by atoms with Gasteiger partial charge >= 0.3 is 0 Å². The van der Waals surface area contributed by atoms with Crippen molar-refractivity contribution in [3.05, 3.63) is 23.8 Å². The number of nitrogens with two attached hydrogens (primary N) is 1. The molecular weight excluding hydrogens is 276 g/mol. The van der Waals surface area contributed by atoms with Crippen molar-refractivity contribution in [2.45, 2.75) is 32.7 Å². The lowest BCUT2D eigenvalue weighted by atomic mass is 9.89. The molecule has 122 valence electrons. The molecule has 0 radical (unpaired) electrons. The first-order valence-electron chi connectivity index (χ1n) is 8.55. The number of fused-ring (bicyclic) bond motifs is 1. The highest BCUT2D eigenvalue weighted by molar-refractivity contribution is 5.49. The van der Waals surface area contributed by atoms with Crippen LogP contribution in [-0.2, 0) is 0 Å². The van der Waals surface area contributed by atoms with E-state index in [1.165, 1.54) is 25.9 Å². The molecule has 0 aromatic heterocycles. The van der Waals surface area contributed by atoms with Crippen molar-refractivity contribution in [2.24, 2.45) is 17.6 Å². The highest BCUT2D eigenvalue weighted by atomic mass is 16.5. The molecule has 1 aromatic carbocycles. The zero-order chi connectivity index (χ0) is 15.5. The molecule has 4 nitrogen and oxygen atoms in total. The van der Waals surface area contributed by atoms with Crippen molar-refractivity contribution < 1.29 is 9.47 Å². The molecule has 1 saturated heterocycles. The fourth-order valence-electron chi connectivity index (χ4n) is 3.72. The molecule has 1 fully saturated rings. The van der Waals surface area contributed by atoms with Crippen LogP contribution in [-0.4, -0.2) is 37.7 Å². The average molecular weight is 304 g/mol. The fourth-order valence-corrected chi connectivity index (χ4v) is 3.72. The van der Waals surface area contributed by atoms with Crippen LogP contribution in [0.5, 0.6) is 11.5 Å². The van der Waals surface area contributed by atoms with E-state index in [1.807, 2.05) is 19.1 Å². The van der Waals surface area contributed by atoms with E-state index in [9.17, 15) is 0 Å². The lowest BCUT2D eigenvalue weighted by Crippen LogP contribution is -2.43. The number of piperidine rings is 1. The van der Waals surface area contributed by atoms with Gasteiger partial charge in [-0.15, -0.1) is 0 Å². The molecule has 2 aliphatic rings. The third kappa shape index (κ3) is 3.23. The molecule has 1 aromatic rings. The molecule has 0 saturated carbocycles. The summed E-state index contributed by atoms with van der Waals surface area (Å²) in [5.74, 6) is 2.82. The minimum atomic E-state index is 0.0291. The number of hydrogen-bond donors (Lipinski definition) is 1. The molecule has 0 spiro atoms. The second-order valence-corrected chi connectivity index (χ2v) is 6.71. The van der Waals surface area contributed by atoms with E-state index in [-0.39, 0.29) is 6.04 Å². The Morgan fingerprint density at radius 2 is 2.27 bits per heavy atom. The molecule has 2 aliphatic heterocycles. The fraction of sp³-hybridized carbons (Fsp3) is 0.667. The molecule has 3 unspecified atom stereocenters. The van der Waals surface area contributed by atoms with Crippen LogP contribution in [0.3, 0.4) is 0 Å². The maximum Gasteiger partial charge on any atom is 0.165 e. The molecule has 0 aliphatic carbocycles. The summed E-state index contributed by atoms with van der Waals surface area (Å²) in [6, 6.07) is 6.08. The topological polar surface area (TPSA) is 47.7 Å². The van der Waals surface area contributed by atoms with E-state index >= 15 is 0 Å². The predicted octanol–water partition coefficient (Wildman–Crippen LogP) is 2.83. The zero-order valence-corrected chi connectivity index (χ0v) is 13.8. The summed E-state index contributed by atoms with van der Waals surface area (Å²) >= 11 is 0. The van der Waals surface area contributed by atoms with Crippen molar-refractivity contribution in [3.8, 4) is 11.5 Å². The minimum absolute atomic E-state index is 0.0291. The van der Waals surface area contributed by atoms with Gasteiger partial charge in [0.05, 0.1) is 13.2 Å². The average Bonchev–Trinajstić information content (AvgIpc) is 2.51. The van der Waals surface area contributed by atoms with E-state index < -0.39 is 0 Å². The van der Waals surface area contributed by atoms with E-state index in [2.05, 4.69) is 17.9 Å². The Bertz CT molecular complexity index is 506. The first-order chi connectivity index (χ1) is 10.7. The van der Waals surface area contributed by atoms with Gasteiger partial charge in [0, 0.05) is 30.6 Å². The Morgan fingerprint density at radius 1 is 1.41 bits per heavy atom. The third-order valence-electron chi connectivity index (χ3n) is 4.85. The quantitative estimate of drug-likeness (QED) is 0.929. The first-order valence-corrected chi connectivity index (χ1v) is 8.55. The number of likely N-dealkylation sites (tertiary alicyclic amines) is 1. The summed E-state index contributed by atoms with van der Waals surface area (Å²) in [5, 5.41) is 0. The molecule has 2 heterocycles. The smallest absolute Gasteiger partial charge is 0.165 e. The third-order valence-corrected chi connectivity index (χ3v) is 4.85.